The van der Waals surface area contributed by atoms with E-state index in [1.165, 1.54) is 0 Å². The van der Waals surface area contributed by atoms with Gasteiger partial charge >= 0.3 is 0 Å². The first-order valence-electron chi connectivity index (χ1n) is 5.88. The maximum Gasteiger partial charge on any atom is 0.202 e. The zero-order chi connectivity index (χ0) is 15.9. The summed E-state index contributed by atoms with van der Waals surface area (Å²) in [5, 5.41) is 11.6. The largest absolute Gasteiger partial charge is 0.505 e. The minimum absolute atomic E-state index is 0.0600. The van der Waals surface area contributed by atoms with Crippen LogP contribution in [0.2, 0.25) is 0 Å². The third-order valence-corrected chi connectivity index (χ3v) is 3.39. The number of phenolic OH excluding ortho intramolecular Hbond substituents is 1. The van der Waals surface area contributed by atoms with Crippen molar-refractivity contribution >= 4 is 38.5 Å². The number of halogens is 4. The van der Waals surface area contributed by atoms with Gasteiger partial charge in [0.1, 0.15) is 16.4 Å². The molecule has 112 valence electrons. The average molecular weight is 371 g/mol. The van der Waals surface area contributed by atoms with E-state index in [9.17, 15) is 13.2 Å². The second-order valence-electron chi connectivity index (χ2n) is 4.24. The van der Waals surface area contributed by atoms with Crippen molar-refractivity contribution in [3.8, 4) is 5.75 Å². The van der Waals surface area contributed by atoms with Crippen LogP contribution in [0.4, 0.5) is 24.7 Å². The molecule has 5 nitrogen and oxygen atoms in total. The summed E-state index contributed by atoms with van der Waals surface area (Å²) in [5.74, 6) is -4.01. The van der Waals surface area contributed by atoms with Crippen LogP contribution in [0, 0.1) is 17.5 Å². The summed E-state index contributed by atoms with van der Waals surface area (Å²) < 4.78 is 40.5. The molecule has 2 aromatic heterocycles. The predicted octanol–water partition coefficient (Wildman–Crippen LogP) is 3.65. The lowest BCUT2D eigenvalue weighted by molar-refractivity contribution is 0.408. The van der Waals surface area contributed by atoms with Gasteiger partial charge in [-0.2, -0.15) is 4.39 Å². The Morgan fingerprint density at radius 2 is 1.86 bits per heavy atom. The van der Waals surface area contributed by atoms with Gasteiger partial charge in [0.25, 0.3) is 0 Å². The van der Waals surface area contributed by atoms with Crippen LogP contribution >= 0.6 is 15.9 Å². The lowest BCUT2D eigenvalue weighted by Gasteiger charge is -2.10. The molecule has 0 aliphatic heterocycles. The van der Waals surface area contributed by atoms with Gasteiger partial charge in [0, 0.05) is 6.07 Å². The van der Waals surface area contributed by atoms with Crippen molar-refractivity contribution in [2.75, 3.05) is 5.32 Å². The zero-order valence-corrected chi connectivity index (χ0v) is 12.2. The summed E-state index contributed by atoms with van der Waals surface area (Å²) in [6.45, 7) is 0. The first-order chi connectivity index (χ1) is 10.5. The molecule has 0 atom stereocenters. The first kappa shape index (κ1) is 14.5. The minimum Gasteiger partial charge on any atom is -0.505 e. The Balaban J connectivity index is 2.12. The fraction of sp³-hybridized carbons (Fsp3) is 0. The molecule has 0 aliphatic rings. The number of anilines is 2. The Hall–Kier alpha value is -2.42. The van der Waals surface area contributed by atoms with Crippen LogP contribution in [0.1, 0.15) is 0 Å². The maximum atomic E-state index is 13.8. The Kier molecular flexibility index (Phi) is 3.57. The molecule has 0 bridgehead atoms. The van der Waals surface area contributed by atoms with Gasteiger partial charge in [-0.1, -0.05) is 0 Å². The predicted molar refractivity (Wildman–Crippen MR) is 76.3 cm³/mol. The van der Waals surface area contributed by atoms with Crippen LogP contribution in [0.15, 0.2) is 29.1 Å². The average Bonchev–Trinajstić information content (AvgIpc) is 2.50. The van der Waals surface area contributed by atoms with E-state index in [-0.39, 0.29) is 27.1 Å². The van der Waals surface area contributed by atoms with Crippen molar-refractivity contribution in [1.82, 2.24) is 15.0 Å². The standard InChI is InChI=1S/C13H6BrF3N4O/c14-12-5(15)3-7-11(21-12)13(19-4-18-7)20-6-1-2-8(22)10(17)9(6)16/h1-4,22H,(H,18,19,20). The summed E-state index contributed by atoms with van der Waals surface area (Å²) in [6, 6.07) is 3.26. The van der Waals surface area contributed by atoms with Crippen LogP contribution in [0.5, 0.6) is 5.75 Å². The molecule has 0 fully saturated rings. The molecule has 0 aliphatic carbocycles. The van der Waals surface area contributed by atoms with Crippen LogP contribution in [-0.2, 0) is 0 Å². The SMILES string of the molecule is Oc1ccc(Nc2ncnc3cc(F)c(Br)nc23)c(F)c1F. The molecule has 0 saturated carbocycles. The molecular formula is C13H6BrF3N4O. The number of hydrogen-bond donors (Lipinski definition) is 2. The Morgan fingerprint density at radius 1 is 1.09 bits per heavy atom. The molecule has 22 heavy (non-hydrogen) atoms. The minimum atomic E-state index is -1.39. The molecule has 0 amide bonds. The molecule has 3 rings (SSSR count). The molecule has 0 unspecified atom stereocenters. The quantitative estimate of drug-likeness (QED) is 0.532. The molecule has 9 heteroatoms. The van der Waals surface area contributed by atoms with Crippen molar-refractivity contribution in [2.24, 2.45) is 0 Å². The smallest absolute Gasteiger partial charge is 0.202 e. The highest BCUT2D eigenvalue weighted by Gasteiger charge is 2.15. The number of aromatic hydroxyl groups is 1. The fourth-order valence-corrected chi connectivity index (χ4v) is 2.09. The van der Waals surface area contributed by atoms with E-state index >= 15 is 0 Å². The highest BCUT2D eigenvalue weighted by molar-refractivity contribution is 9.10. The van der Waals surface area contributed by atoms with E-state index in [2.05, 4.69) is 36.2 Å². The van der Waals surface area contributed by atoms with Crippen molar-refractivity contribution in [3.05, 3.63) is 46.6 Å². The lowest BCUT2D eigenvalue weighted by Crippen LogP contribution is -2.01. The number of hydrogen-bond acceptors (Lipinski definition) is 5. The van der Waals surface area contributed by atoms with Crippen LogP contribution in [0.25, 0.3) is 11.0 Å². The monoisotopic (exact) mass is 370 g/mol. The van der Waals surface area contributed by atoms with E-state index in [1.807, 2.05) is 0 Å². The van der Waals surface area contributed by atoms with Gasteiger partial charge in [-0.25, -0.2) is 23.7 Å². The van der Waals surface area contributed by atoms with Crippen molar-refractivity contribution in [3.63, 3.8) is 0 Å². The van der Waals surface area contributed by atoms with Gasteiger partial charge in [-0.3, -0.25) is 0 Å². The molecule has 0 radical (unpaired) electrons. The van der Waals surface area contributed by atoms with Crippen molar-refractivity contribution < 1.29 is 18.3 Å². The third-order valence-electron chi connectivity index (χ3n) is 2.84. The van der Waals surface area contributed by atoms with Gasteiger partial charge in [0.2, 0.25) is 5.82 Å². The van der Waals surface area contributed by atoms with Crippen LogP contribution in [0.3, 0.4) is 0 Å². The van der Waals surface area contributed by atoms with Crippen molar-refractivity contribution in [1.29, 1.82) is 0 Å². The van der Waals surface area contributed by atoms with Gasteiger partial charge in [-0.15, -0.1) is 0 Å². The molecule has 0 spiro atoms. The summed E-state index contributed by atoms with van der Waals surface area (Å²) in [7, 11) is 0. The molecule has 2 N–H and O–H groups in total. The van der Waals surface area contributed by atoms with E-state index in [4.69, 9.17) is 5.11 Å². The third kappa shape index (κ3) is 2.43. The molecule has 2 heterocycles. The van der Waals surface area contributed by atoms with E-state index in [1.54, 1.807) is 0 Å². The Bertz CT molecular complexity index is 891. The molecule has 3 aromatic rings. The number of nitrogens with zero attached hydrogens (tertiary/aromatic N) is 3. The highest BCUT2D eigenvalue weighted by Crippen LogP contribution is 2.29. The zero-order valence-electron chi connectivity index (χ0n) is 10.6. The van der Waals surface area contributed by atoms with Gasteiger partial charge < -0.3 is 10.4 Å². The topological polar surface area (TPSA) is 70.9 Å². The number of benzene rings is 1. The maximum absolute atomic E-state index is 13.8. The normalized spacial score (nSPS) is 10.9. The number of phenols is 1. The molecular weight excluding hydrogens is 365 g/mol. The second-order valence-corrected chi connectivity index (χ2v) is 4.99. The van der Waals surface area contributed by atoms with Gasteiger partial charge in [0.05, 0.1) is 11.2 Å². The van der Waals surface area contributed by atoms with Crippen LogP contribution in [-0.4, -0.2) is 20.1 Å². The van der Waals surface area contributed by atoms with Crippen molar-refractivity contribution in [2.45, 2.75) is 0 Å². The summed E-state index contributed by atoms with van der Waals surface area (Å²) >= 11 is 2.93. The number of nitrogens with one attached hydrogen (secondary N) is 1. The van der Waals surface area contributed by atoms with E-state index in [0.717, 1.165) is 24.5 Å². The fourth-order valence-electron chi connectivity index (χ4n) is 1.79. The highest BCUT2D eigenvalue weighted by atomic mass is 79.9. The number of pyridine rings is 1. The summed E-state index contributed by atoms with van der Waals surface area (Å²) in [4.78, 5) is 11.7. The number of rotatable bonds is 2. The van der Waals surface area contributed by atoms with Crippen LogP contribution < -0.4 is 5.32 Å². The molecule has 1 aromatic carbocycles. The first-order valence-corrected chi connectivity index (χ1v) is 6.67. The summed E-state index contributed by atoms with van der Waals surface area (Å²) in [5.41, 5.74) is 0.110. The number of fused-ring (bicyclic) bond motifs is 1. The summed E-state index contributed by atoms with van der Waals surface area (Å²) in [6.07, 6.45) is 1.13. The lowest BCUT2D eigenvalue weighted by atomic mass is 10.2. The Morgan fingerprint density at radius 3 is 2.64 bits per heavy atom. The van der Waals surface area contributed by atoms with E-state index < -0.39 is 23.2 Å². The number of aromatic nitrogens is 3. The van der Waals surface area contributed by atoms with E-state index in [0.29, 0.717) is 0 Å². The van der Waals surface area contributed by atoms with Gasteiger partial charge in [-0.05, 0) is 28.1 Å². The molecule has 0 saturated heterocycles. The second kappa shape index (κ2) is 5.41. The van der Waals surface area contributed by atoms with Gasteiger partial charge in [0.15, 0.2) is 23.2 Å². The Labute approximate surface area is 130 Å².